The molecule has 0 atom stereocenters. The van der Waals surface area contributed by atoms with E-state index in [9.17, 15) is 14.4 Å². The Bertz CT molecular complexity index is 1120. The maximum atomic E-state index is 13.1. The number of ketones is 1. The number of Topliss-reactive ketones (excluding diaryl/α,β-unsaturated/α-hetero) is 1. The maximum Gasteiger partial charge on any atom is 0.300 e. The van der Waals surface area contributed by atoms with E-state index in [0.29, 0.717) is 6.54 Å². The minimum Gasteiger partial charge on any atom is -0.497 e. The zero-order valence-corrected chi connectivity index (χ0v) is 27.0. The predicted molar refractivity (Wildman–Crippen MR) is 170 cm³/mol. The molecule has 41 heavy (non-hydrogen) atoms. The number of thiazole rings is 1. The molecular formula is C31H48N4O5S. The van der Waals surface area contributed by atoms with Crippen LogP contribution in [0.1, 0.15) is 89.0 Å². The van der Waals surface area contributed by atoms with Gasteiger partial charge in [-0.15, -0.1) is 11.3 Å². The Labute approximate surface area is 250 Å². The van der Waals surface area contributed by atoms with Gasteiger partial charge in [0.05, 0.1) is 12.7 Å². The van der Waals surface area contributed by atoms with Crippen molar-refractivity contribution < 1.29 is 23.6 Å². The van der Waals surface area contributed by atoms with Gasteiger partial charge in [-0.05, 0) is 26.3 Å². The fraction of sp³-hybridized carbons (Fsp3) is 0.452. The summed E-state index contributed by atoms with van der Waals surface area (Å²) in [5.41, 5.74) is 0.146. The standard InChI is InChI=1S/C22H28N4O5S.C5H8.2C2H6/c1-6-7-8-9-11-26(4)21(29)17(14(2)30-5)13-16-15(3)31-25-18(16)19(27)20(28)24-22-23-10-12-32-22;1-3-5-4-2;2*1-2/h10,12-13H,2,6-9,11H2,1,3-5H3,(H,23,24,28);3-5H,1H2,2H3;2*1-2H3/b17-13+;5-4-;;. The lowest BCUT2D eigenvalue weighted by Gasteiger charge is -2.19. The molecule has 0 radical (unpaired) electrons. The molecule has 9 nitrogen and oxygen atoms in total. The molecule has 2 heterocycles. The summed E-state index contributed by atoms with van der Waals surface area (Å²) in [4.78, 5) is 43.6. The first kappa shape index (κ1) is 39.4. The van der Waals surface area contributed by atoms with Crippen molar-refractivity contribution >= 4 is 40.1 Å². The number of anilines is 1. The van der Waals surface area contributed by atoms with Gasteiger partial charge in [-0.1, -0.05) is 90.4 Å². The molecule has 0 spiro atoms. The van der Waals surface area contributed by atoms with Crippen LogP contribution < -0.4 is 5.32 Å². The molecule has 228 valence electrons. The van der Waals surface area contributed by atoms with E-state index in [1.54, 1.807) is 30.3 Å². The summed E-state index contributed by atoms with van der Waals surface area (Å²) in [5.74, 6) is -1.74. The summed E-state index contributed by atoms with van der Waals surface area (Å²) in [5, 5.41) is 8.11. The quantitative estimate of drug-likeness (QED) is 0.0638. The van der Waals surface area contributed by atoms with Crippen LogP contribution in [0.3, 0.4) is 0 Å². The highest BCUT2D eigenvalue weighted by molar-refractivity contribution is 7.13. The van der Waals surface area contributed by atoms with Crippen LogP contribution in [-0.4, -0.2) is 53.3 Å². The van der Waals surface area contributed by atoms with Crippen LogP contribution in [0.15, 0.2) is 58.8 Å². The lowest BCUT2D eigenvalue weighted by atomic mass is 10.0. The van der Waals surface area contributed by atoms with Gasteiger partial charge in [-0.3, -0.25) is 19.7 Å². The Morgan fingerprint density at radius 2 is 1.83 bits per heavy atom. The first-order valence-corrected chi connectivity index (χ1v) is 14.7. The van der Waals surface area contributed by atoms with Crippen molar-refractivity contribution in [3.63, 3.8) is 0 Å². The second-order valence-corrected chi connectivity index (χ2v) is 8.75. The van der Waals surface area contributed by atoms with Gasteiger partial charge in [0.1, 0.15) is 11.5 Å². The Hall–Kier alpha value is -3.79. The zero-order valence-electron chi connectivity index (χ0n) is 26.2. The summed E-state index contributed by atoms with van der Waals surface area (Å²) in [6, 6.07) is 0. The molecule has 10 heteroatoms. The first-order valence-electron chi connectivity index (χ1n) is 13.9. The van der Waals surface area contributed by atoms with Crippen molar-refractivity contribution in [2.45, 2.75) is 74.1 Å². The molecule has 0 unspecified atom stereocenters. The molecule has 0 bridgehead atoms. The van der Waals surface area contributed by atoms with Crippen molar-refractivity contribution in [2.75, 3.05) is 26.0 Å². The van der Waals surface area contributed by atoms with E-state index in [-0.39, 0.29) is 39.4 Å². The second kappa shape index (κ2) is 24.0. The van der Waals surface area contributed by atoms with Gasteiger partial charge in [0.2, 0.25) is 0 Å². The molecule has 0 saturated heterocycles. The predicted octanol–water partition coefficient (Wildman–Crippen LogP) is 7.64. The molecule has 2 amide bonds. The molecule has 0 aromatic carbocycles. The number of hydrogen-bond acceptors (Lipinski definition) is 8. The number of aryl methyl sites for hydroxylation is 1. The van der Waals surface area contributed by atoms with E-state index < -0.39 is 11.7 Å². The third kappa shape index (κ3) is 14.4. The number of nitrogens with zero attached hydrogens (tertiary/aromatic N) is 3. The number of hydrogen-bond donors (Lipinski definition) is 1. The Balaban J connectivity index is 0. The molecule has 0 aliphatic rings. The number of carbonyl (C=O) groups excluding carboxylic acids is 3. The third-order valence-corrected chi connectivity index (χ3v) is 5.76. The van der Waals surface area contributed by atoms with E-state index in [2.05, 4.69) is 35.5 Å². The van der Waals surface area contributed by atoms with Gasteiger partial charge in [0, 0.05) is 30.7 Å². The maximum absolute atomic E-state index is 13.1. The average Bonchev–Trinajstić information content (AvgIpc) is 3.64. The summed E-state index contributed by atoms with van der Waals surface area (Å²) in [6.45, 7) is 21.5. The van der Waals surface area contributed by atoms with Gasteiger partial charge < -0.3 is 14.2 Å². The number of aromatic nitrogens is 2. The van der Waals surface area contributed by atoms with Crippen LogP contribution in [0.5, 0.6) is 0 Å². The van der Waals surface area contributed by atoms with Crippen LogP contribution in [0.25, 0.3) is 6.08 Å². The molecule has 0 aliphatic carbocycles. The normalized spacial score (nSPS) is 10.1. The number of likely N-dealkylation sites (N-methyl/N-ethyl adjacent to an activating group) is 1. The van der Waals surface area contributed by atoms with Gasteiger partial charge in [-0.25, -0.2) is 4.98 Å². The highest BCUT2D eigenvalue weighted by Crippen LogP contribution is 2.23. The fourth-order valence-electron chi connectivity index (χ4n) is 2.99. The smallest absolute Gasteiger partial charge is 0.300 e. The molecule has 2 rings (SSSR count). The molecule has 1 N–H and O–H groups in total. The third-order valence-electron chi connectivity index (χ3n) is 5.07. The molecule has 2 aromatic rings. The minimum atomic E-state index is -0.911. The molecule has 0 fully saturated rings. The topological polar surface area (TPSA) is 115 Å². The number of allylic oxidation sites excluding steroid dienone is 3. The highest BCUT2D eigenvalue weighted by atomic mass is 32.1. The van der Waals surface area contributed by atoms with E-state index in [1.807, 2.05) is 46.8 Å². The van der Waals surface area contributed by atoms with Crippen LogP contribution in [-0.2, 0) is 14.3 Å². The molecular weight excluding hydrogens is 540 g/mol. The second-order valence-electron chi connectivity index (χ2n) is 7.86. The van der Waals surface area contributed by atoms with Crippen molar-refractivity contribution in [1.82, 2.24) is 15.0 Å². The van der Waals surface area contributed by atoms with Crippen LogP contribution in [0.2, 0.25) is 0 Å². The average molecular weight is 589 g/mol. The van der Waals surface area contributed by atoms with E-state index in [0.717, 1.165) is 25.7 Å². The lowest BCUT2D eigenvalue weighted by molar-refractivity contribution is -0.125. The largest absolute Gasteiger partial charge is 0.497 e. The van der Waals surface area contributed by atoms with Gasteiger partial charge in [0.15, 0.2) is 10.8 Å². The van der Waals surface area contributed by atoms with Crippen molar-refractivity contribution in [3.05, 3.63) is 71.3 Å². The van der Waals surface area contributed by atoms with Gasteiger partial charge in [-0.2, -0.15) is 0 Å². The van der Waals surface area contributed by atoms with Crippen molar-refractivity contribution in [3.8, 4) is 0 Å². The Morgan fingerprint density at radius 3 is 2.32 bits per heavy atom. The van der Waals surface area contributed by atoms with Crippen LogP contribution in [0.4, 0.5) is 5.13 Å². The number of carbonyl (C=O) groups is 3. The summed E-state index contributed by atoms with van der Waals surface area (Å²) >= 11 is 1.18. The van der Waals surface area contributed by atoms with Crippen molar-refractivity contribution in [2.24, 2.45) is 0 Å². The van der Waals surface area contributed by atoms with E-state index >= 15 is 0 Å². The summed E-state index contributed by atoms with van der Waals surface area (Å²) in [7, 11) is 3.10. The minimum absolute atomic E-state index is 0.127. The lowest BCUT2D eigenvalue weighted by Crippen LogP contribution is -2.30. The summed E-state index contributed by atoms with van der Waals surface area (Å²) < 4.78 is 10.3. The molecule has 0 saturated carbocycles. The van der Waals surface area contributed by atoms with Gasteiger partial charge >= 0.3 is 0 Å². The van der Waals surface area contributed by atoms with E-state index in [1.165, 1.54) is 30.7 Å². The number of amides is 2. The Morgan fingerprint density at radius 1 is 1.17 bits per heavy atom. The van der Waals surface area contributed by atoms with Gasteiger partial charge in [0.25, 0.3) is 17.6 Å². The van der Waals surface area contributed by atoms with Crippen LogP contribution >= 0.6 is 11.3 Å². The zero-order chi connectivity index (χ0) is 31.8. The first-order chi connectivity index (χ1) is 19.7. The summed E-state index contributed by atoms with van der Waals surface area (Å²) in [6.07, 6.45) is 12.6. The Kier molecular flexibility index (Phi) is 23.1. The SMILES string of the molecule is C=C(OC)/C(=C\c1c(C(=O)C(=O)Nc2nccs2)noc1C)C(=O)N(C)CCCCCC.C=C/C=C\C.CC.CC. The fourth-order valence-corrected chi connectivity index (χ4v) is 3.52. The number of nitrogens with one attached hydrogen (secondary N) is 1. The number of methoxy groups -OCH3 is 1. The monoisotopic (exact) mass is 588 g/mol. The number of rotatable bonds is 13. The number of ether oxygens (including phenoxy) is 1. The molecule has 2 aromatic heterocycles. The number of unbranched alkanes of at least 4 members (excludes halogenated alkanes) is 3. The molecule has 0 aliphatic heterocycles. The van der Waals surface area contributed by atoms with Crippen LogP contribution in [0, 0.1) is 6.92 Å². The van der Waals surface area contributed by atoms with E-state index in [4.69, 9.17) is 9.26 Å². The van der Waals surface area contributed by atoms with Crippen molar-refractivity contribution in [1.29, 1.82) is 0 Å². The highest BCUT2D eigenvalue weighted by Gasteiger charge is 2.27.